The summed E-state index contributed by atoms with van der Waals surface area (Å²) in [5.74, 6) is -0.217. The van der Waals surface area contributed by atoms with E-state index in [4.69, 9.17) is 20.3 Å². The highest BCUT2D eigenvalue weighted by atomic mass is 31.2. The highest BCUT2D eigenvalue weighted by molar-refractivity contribution is 7.46. The number of aromatic amines is 1. The van der Waals surface area contributed by atoms with E-state index in [0.717, 1.165) is 4.68 Å². The highest BCUT2D eigenvalue weighted by Gasteiger charge is 2.45. The molecule has 0 aromatic carbocycles. The quantitative estimate of drug-likeness (QED) is 0.296. The summed E-state index contributed by atoms with van der Waals surface area (Å²) in [5, 5.41) is 27.2. The Morgan fingerprint density at radius 1 is 1.38 bits per heavy atom. The van der Waals surface area contributed by atoms with E-state index in [1.165, 1.54) is 0 Å². The fourth-order valence-electron chi connectivity index (χ4n) is 2.27. The molecule has 0 saturated carbocycles. The minimum Gasteiger partial charge on any atom is -0.387 e. The third-order valence-corrected chi connectivity index (χ3v) is 3.82. The minimum absolute atomic E-state index is 0.0935. The van der Waals surface area contributed by atoms with E-state index < -0.39 is 44.5 Å². The number of ether oxygens (including phenoxy) is 1. The van der Waals surface area contributed by atoms with E-state index in [0.29, 0.717) is 0 Å². The van der Waals surface area contributed by atoms with Crippen LogP contribution in [0.5, 0.6) is 0 Å². The maximum atomic E-state index is 11.7. The second-order valence-corrected chi connectivity index (χ2v) is 6.23. The number of hydrogen-bond acceptors (Lipinski definition) is 10. The Morgan fingerprint density at radius 2 is 2.08 bits per heavy atom. The SMILES string of the molecule is Nc1nc2c(nnn2C2OC(COP(=O)(O)O)C(O)C2O)c(=O)[nH]1. The van der Waals surface area contributed by atoms with E-state index in [1.54, 1.807) is 0 Å². The lowest BCUT2D eigenvalue weighted by Gasteiger charge is -2.14. The first-order valence-electron chi connectivity index (χ1n) is 6.50. The van der Waals surface area contributed by atoms with Crippen LogP contribution in [0.2, 0.25) is 0 Å². The number of aliphatic hydroxyl groups is 2. The van der Waals surface area contributed by atoms with Crippen molar-refractivity contribution in [1.29, 1.82) is 0 Å². The van der Waals surface area contributed by atoms with Crippen molar-refractivity contribution in [2.45, 2.75) is 24.5 Å². The lowest BCUT2D eigenvalue weighted by atomic mass is 10.1. The zero-order chi connectivity index (χ0) is 17.6. The van der Waals surface area contributed by atoms with Gasteiger partial charge in [0.05, 0.1) is 6.61 Å². The summed E-state index contributed by atoms with van der Waals surface area (Å²) in [6.07, 6.45) is -5.64. The summed E-state index contributed by atoms with van der Waals surface area (Å²) in [7, 11) is -4.78. The Balaban J connectivity index is 1.90. The molecule has 3 rings (SSSR count). The Morgan fingerprint density at radius 3 is 2.75 bits per heavy atom. The van der Waals surface area contributed by atoms with E-state index in [-0.39, 0.29) is 17.1 Å². The fourth-order valence-corrected chi connectivity index (χ4v) is 2.61. The number of anilines is 1. The zero-order valence-corrected chi connectivity index (χ0v) is 12.6. The lowest BCUT2D eigenvalue weighted by Crippen LogP contribution is -2.33. The van der Waals surface area contributed by atoms with Crippen LogP contribution in [0.25, 0.3) is 11.2 Å². The predicted octanol–water partition coefficient (Wildman–Crippen LogP) is -3.17. The van der Waals surface area contributed by atoms with Crippen LogP contribution in [0, 0.1) is 0 Å². The number of hydrogen-bond donors (Lipinski definition) is 6. The van der Waals surface area contributed by atoms with Crippen molar-refractivity contribution < 1.29 is 33.8 Å². The molecule has 14 nitrogen and oxygen atoms in total. The summed E-state index contributed by atoms with van der Waals surface area (Å²) >= 11 is 0. The molecule has 0 radical (unpaired) electrons. The van der Waals surface area contributed by atoms with Gasteiger partial charge in [0.2, 0.25) is 5.95 Å². The van der Waals surface area contributed by atoms with Crippen LogP contribution >= 0.6 is 7.82 Å². The van der Waals surface area contributed by atoms with Gasteiger partial charge < -0.3 is 30.5 Å². The molecule has 15 heteroatoms. The number of aliphatic hydroxyl groups excluding tert-OH is 2. The van der Waals surface area contributed by atoms with Crippen LogP contribution in [-0.2, 0) is 13.8 Å². The molecule has 7 N–H and O–H groups in total. The third kappa shape index (κ3) is 3.03. The molecule has 0 spiro atoms. The van der Waals surface area contributed by atoms with Gasteiger partial charge in [0.25, 0.3) is 5.56 Å². The average Bonchev–Trinajstić information content (AvgIpc) is 3.00. The zero-order valence-electron chi connectivity index (χ0n) is 11.8. The van der Waals surface area contributed by atoms with Crippen molar-refractivity contribution in [3.8, 4) is 0 Å². The van der Waals surface area contributed by atoms with E-state index >= 15 is 0 Å². The van der Waals surface area contributed by atoms with E-state index in [9.17, 15) is 19.6 Å². The molecule has 4 unspecified atom stereocenters. The second-order valence-electron chi connectivity index (χ2n) is 4.99. The number of H-pyrrole nitrogens is 1. The summed E-state index contributed by atoms with van der Waals surface area (Å²) in [6, 6.07) is 0. The van der Waals surface area contributed by atoms with Crippen molar-refractivity contribution in [2.24, 2.45) is 0 Å². The number of aromatic nitrogens is 5. The summed E-state index contributed by atoms with van der Waals surface area (Å²) in [6.45, 7) is -0.679. The number of nitrogens with zero attached hydrogens (tertiary/aromatic N) is 4. The Kier molecular flexibility index (Phi) is 4.13. The predicted molar refractivity (Wildman–Crippen MR) is 74.3 cm³/mol. The van der Waals surface area contributed by atoms with Crippen molar-refractivity contribution in [3.05, 3.63) is 10.4 Å². The van der Waals surface area contributed by atoms with Crippen molar-refractivity contribution in [1.82, 2.24) is 25.0 Å². The number of fused-ring (bicyclic) bond motifs is 1. The van der Waals surface area contributed by atoms with Gasteiger partial charge in [-0.05, 0) is 0 Å². The van der Waals surface area contributed by atoms with E-state index in [1.807, 2.05) is 0 Å². The molecule has 1 fully saturated rings. The monoisotopic (exact) mass is 364 g/mol. The summed E-state index contributed by atoms with van der Waals surface area (Å²) in [5.41, 5.74) is 4.53. The second kappa shape index (κ2) is 5.86. The molecular weight excluding hydrogens is 351 g/mol. The smallest absolute Gasteiger partial charge is 0.387 e. The minimum atomic E-state index is -4.78. The number of nitrogens with one attached hydrogen (secondary N) is 1. The van der Waals surface area contributed by atoms with Gasteiger partial charge in [-0.15, -0.1) is 5.10 Å². The number of phosphoric ester groups is 1. The first-order valence-corrected chi connectivity index (χ1v) is 8.03. The number of nitrogens with two attached hydrogens (primary N) is 1. The van der Waals surface area contributed by atoms with Gasteiger partial charge in [0.1, 0.15) is 18.3 Å². The molecule has 0 aliphatic carbocycles. The normalized spacial score (nSPS) is 27.8. The highest BCUT2D eigenvalue weighted by Crippen LogP contribution is 2.38. The molecule has 1 aliphatic rings. The van der Waals surface area contributed by atoms with Gasteiger partial charge in [-0.3, -0.25) is 14.3 Å². The van der Waals surface area contributed by atoms with Crippen LogP contribution in [0.4, 0.5) is 5.95 Å². The van der Waals surface area contributed by atoms with Crippen LogP contribution in [0.15, 0.2) is 4.79 Å². The van der Waals surface area contributed by atoms with Crippen LogP contribution < -0.4 is 11.3 Å². The summed E-state index contributed by atoms with van der Waals surface area (Å²) in [4.78, 5) is 35.1. The number of phosphoric acid groups is 1. The average molecular weight is 364 g/mol. The van der Waals surface area contributed by atoms with E-state index in [2.05, 4.69) is 24.8 Å². The number of rotatable bonds is 4. The molecule has 2 aromatic heterocycles. The molecule has 2 aromatic rings. The molecule has 4 atom stereocenters. The van der Waals surface area contributed by atoms with Gasteiger partial charge in [-0.2, -0.15) is 9.67 Å². The molecular formula is C9H13N6O8P. The molecule has 1 saturated heterocycles. The maximum Gasteiger partial charge on any atom is 0.469 e. The molecule has 0 bridgehead atoms. The Labute approximate surface area is 132 Å². The topological polar surface area (TPSA) is 219 Å². The molecule has 24 heavy (non-hydrogen) atoms. The third-order valence-electron chi connectivity index (χ3n) is 3.34. The van der Waals surface area contributed by atoms with Crippen molar-refractivity contribution in [2.75, 3.05) is 12.3 Å². The summed E-state index contributed by atoms with van der Waals surface area (Å²) < 4.78 is 21.2. The Bertz CT molecular complexity index is 861. The maximum absolute atomic E-state index is 11.7. The largest absolute Gasteiger partial charge is 0.469 e. The van der Waals surface area contributed by atoms with Crippen LogP contribution in [0.1, 0.15) is 6.23 Å². The lowest BCUT2D eigenvalue weighted by molar-refractivity contribution is -0.0567. The molecule has 132 valence electrons. The van der Waals surface area contributed by atoms with Gasteiger partial charge in [-0.25, -0.2) is 4.57 Å². The molecule has 1 aliphatic heterocycles. The standard InChI is InChI=1S/C9H13N6O8P/c10-9-11-6-3(7(18)12-9)13-14-15(6)8-5(17)4(16)2(23-8)1-22-24(19,20)21/h2,4-5,8,16-17H,1H2,(H2,19,20,21)(H3,10,11,12,18). The van der Waals surface area contributed by atoms with Crippen LogP contribution in [-0.4, -0.2) is 69.9 Å². The van der Waals surface area contributed by atoms with Gasteiger partial charge >= 0.3 is 7.82 Å². The number of nitrogen functional groups attached to an aromatic ring is 1. The first kappa shape index (κ1) is 16.9. The van der Waals surface area contributed by atoms with Gasteiger partial charge in [0.15, 0.2) is 17.4 Å². The first-order chi connectivity index (χ1) is 11.2. The Hall–Kier alpha value is -1.93. The van der Waals surface area contributed by atoms with Crippen LogP contribution in [0.3, 0.4) is 0 Å². The molecule has 0 amide bonds. The van der Waals surface area contributed by atoms with Gasteiger partial charge in [0, 0.05) is 0 Å². The van der Waals surface area contributed by atoms with Crippen molar-refractivity contribution >= 4 is 24.9 Å². The van der Waals surface area contributed by atoms with Gasteiger partial charge in [-0.1, -0.05) is 5.21 Å². The molecule has 3 heterocycles. The van der Waals surface area contributed by atoms with Crippen molar-refractivity contribution in [3.63, 3.8) is 0 Å². The fraction of sp³-hybridized carbons (Fsp3) is 0.556.